The van der Waals surface area contributed by atoms with Gasteiger partial charge in [-0.1, -0.05) is 0 Å². The lowest BCUT2D eigenvalue weighted by Crippen LogP contribution is -2.44. The fourth-order valence-electron chi connectivity index (χ4n) is 3.11. The minimum absolute atomic E-state index is 0.0274. The molecule has 3 aromatic rings. The molecule has 0 bridgehead atoms. The van der Waals surface area contributed by atoms with Crippen LogP contribution in [0.3, 0.4) is 0 Å². The van der Waals surface area contributed by atoms with Crippen molar-refractivity contribution in [3.8, 4) is 17.0 Å². The average molecular weight is 373 g/mol. The number of nitrogens with two attached hydrogens (primary N) is 2. The van der Waals surface area contributed by atoms with E-state index in [0.717, 1.165) is 17.8 Å². The van der Waals surface area contributed by atoms with E-state index in [1.165, 1.54) is 18.4 Å². The van der Waals surface area contributed by atoms with Crippen LogP contribution >= 0.6 is 11.3 Å². The monoisotopic (exact) mass is 373 g/mol. The van der Waals surface area contributed by atoms with Crippen LogP contribution in [0.15, 0.2) is 27.1 Å². The van der Waals surface area contributed by atoms with Gasteiger partial charge < -0.3 is 16.3 Å². The first kappa shape index (κ1) is 16.8. The minimum atomic E-state index is -0.540. The van der Waals surface area contributed by atoms with Crippen molar-refractivity contribution in [2.24, 2.45) is 5.73 Å². The zero-order valence-electron chi connectivity index (χ0n) is 14.4. The second-order valence-electron chi connectivity index (χ2n) is 6.46. The second kappa shape index (κ2) is 5.96. The zero-order valence-corrected chi connectivity index (χ0v) is 15.2. The van der Waals surface area contributed by atoms with Crippen LogP contribution in [0.25, 0.3) is 22.2 Å². The number of methoxy groups -OCH3 is 1. The molecule has 1 saturated carbocycles. The predicted octanol–water partition coefficient (Wildman–Crippen LogP) is 1.36. The van der Waals surface area contributed by atoms with Gasteiger partial charge in [0, 0.05) is 17.0 Å². The van der Waals surface area contributed by atoms with Crippen molar-refractivity contribution in [3.63, 3.8) is 0 Å². The first-order chi connectivity index (χ1) is 12.4. The third-order valence-corrected chi connectivity index (χ3v) is 5.58. The molecule has 1 aliphatic rings. The number of hydrogen-bond acceptors (Lipinski definition) is 7. The lowest BCUT2D eigenvalue weighted by atomic mass is 10.1. The molecule has 1 fully saturated rings. The third-order valence-electron chi connectivity index (χ3n) is 4.54. The van der Waals surface area contributed by atoms with Gasteiger partial charge in [-0.05, 0) is 31.9 Å². The van der Waals surface area contributed by atoms with Gasteiger partial charge in [0.1, 0.15) is 10.5 Å². The summed E-state index contributed by atoms with van der Waals surface area (Å²) >= 11 is 1.46. The Hall–Kier alpha value is -2.65. The van der Waals surface area contributed by atoms with Gasteiger partial charge in [0.25, 0.3) is 5.56 Å². The number of aromatic nitrogens is 3. The first-order valence-electron chi connectivity index (χ1n) is 8.28. The molecule has 4 rings (SSSR count). The summed E-state index contributed by atoms with van der Waals surface area (Å²) in [5, 5.41) is 3.05. The van der Waals surface area contributed by atoms with Crippen LogP contribution in [-0.2, 0) is 0 Å². The highest BCUT2D eigenvalue weighted by Crippen LogP contribution is 2.41. The molecule has 8 nitrogen and oxygen atoms in total. The molecule has 136 valence electrons. The van der Waals surface area contributed by atoms with Gasteiger partial charge in [0.05, 0.1) is 24.2 Å². The highest BCUT2D eigenvalue weighted by molar-refractivity contribution is 7.10. The van der Waals surface area contributed by atoms with Crippen molar-refractivity contribution >= 4 is 22.2 Å². The summed E-state index contributed by atoms with van der Waals surface area (Å²) in [5.41, 5.74) is 6.72. The van der Waals surface area contributed by atoms with Gasteiger partial charge in [-0.25, -0.2) is 9.78 Å². The maximum Gasteiger partial charge on any atom is 0.350 e. The molecule has 4 N–H and O–H groups in total. The third kappa shape index (κ3) is 2.43. The fourth-order valence-corrected chi connectivity index (χ4v) is 3.89. The summed E-state index contributed by atoms with van der Waals surface area (Å²) in [4.78, 5) is 29.7. The lowest BCUT2D eigenvalue weighted by Gasteiger charge is -2.16. The standard InChI is InChI=1S/C17H19N5O3S/c1-8(18)15-20-12(7-26-15)10-5-6-11-13(14(10)25-2)21(9-3-4-9)17(24)22(19)16(11)23/h5-9H,3-4,18-19H2,1-2H3. The van der Waals surface area contributed by atoms with Gasteiger partial charge in [0.2, 0.25) is 0 Å². The predicted molar refractivity (Wildman–Crippen MR) is 101 cm³/mol. The van der Waals surface area contributed by atoms with Crippen LogP contribution in [0.2, 0.25) is 0 Å². The number of thiazole rings is 1. The molecular weight excluding hydrogens is 354 g/mol. The lowest BCUT2D eigenvalue weighted by molar-refractivity contribution is 0.417. The smallest absolute Gasteiger partial charge is 0.350 e. The number of hydrogen-bond donors (Lipinski definition) is 2. The van der Waals surface area contributed by atoms with E-state index >= 15 is 0 Å². The van der Waals surface area contributed by atoms with Gasteiger partial charge in [-0.3, -0.25) is 9.36 Å². The Labute approximate surface area is 152 Å². The molecule has 0 spiro atoms. The molecule has 1 aliphatic carbocycles. The van der Waals surface area contributed by atoms with E-state index in [1.54, 1.807) is 16.7 Å². The molecule has 9 heteroatoms. The summed E-state index contributed by atoms with van der Waals surface area (Å²) < 4.78 is 7.87. The molecule has 1 aromatic carbocycles. The highest BCUT2D eigenvalue weighted by Gasteiger charge is 2.30. The SMILES string of the molecule is COc1c(-c2csc(C(C)N)n2)ccc2c(=O)n(N)c(=O)n(C3CC3)c12. The van der Waals surface area contributed by atoms with Crippen LogP contribution in [0.1, 0.15) is 36.9 Å². The summed E-state index contributed by atoms with van der Waals surface area (Å²) in [6, 6.07) is 3.29. The molecule has 1 unspecified atom stereocenters. The number of benzene rings is 1. The Bertz CT molecular complexity index is 1120. The van der Waals surface area contributed by atoms with Crippen molar-refractivity contribution in [1.29, 1.82) is 0 Å². The Morgan fingerprint density at radius 3 is 2.65 bits per heavy atom. The van der Waals surface area contributed by atoms with E-state index in [1.807, 2.05) is 12.3 Å². The number of ether oxygens (including phenoxy) is 1. The van der Waals surface area contributed by atoms with Crippen molar-refractivity contribution in [2.75, 3.05) is 13.0 Å². The Morgan fingerprint density at radius 1 is 1.35 bits per heavy atom. The van der Waals surface area contributed by atoms with Gasteiger partial charge in [-0.2, -0.15) is 4.68 Å². The first-order valence-corrected chi connectivity index (χ1v) is 9.16. The van der Waals surface area contributed by atoms with Gasteiger partial charge >= 0.3 is 5.69 Å². The van der Waals surface area contributed by atoms with E-state index < -0.39 is 11.2 Å². The number of rotatable bonds is 4. The average Bonchev–Trinajstić information content (AvgIpc) is 3.33. The van der Waals surface area contributed by atoms with Crippen LogP contribution in [-0.4, -0.2) is 21.3 Å². The van der Waals surface area contributed by atoms with E-state index in [0.29, 0.717) is 32.6 Å². The molecule has 2 aromatic heterocycles. The van der Waals surface area contributed by atoms with Crippen molar-refractivity contribution < 1.29 is 4.74 Å². The van der Waals surface area contributed by atoms with E-state index in [-0.39, 0.29) is 12.1 Å². The van der Waals surface area contributed by atoms with Crippen LogP contribution in [0, 0.1) is 0 Å². The van der Waals surface area contributed by atoms with Crippen molar-refractivity contribution in [3.05, 3.63) is 43.4 Å². The van der Waals surface area contributed by atoms with Crippen LogP contribution in [0.4, 0.5) is 0 Å². The minimum Gasteiger partial charge on any atom is -0.494 e. The number of fused-ring (bicyclic) bond motifs is 1. The summed E-state index contributed by atoms with van der Waals surface area (Å²) in [6.45, 7) is 1.87. The van der Waals surface area contributed by atoms with Crippen molar-refractivity contribution in [2.45, 2.75) is 31.8 Å². The molecule has 26 heavy (non-hydrogen) atoms. The van der Waals surface area contributed by atoms with Crippen LogP contribution in [0.5, 0.6) is 5.75 Å². The maximum atomic E-state index is 12.6. The summed E-state index contributed by atoms with van der Waals surface area (Å²) in [7, 11) is 1.52. The molecule has 2 heterocycles. The van der Waals surface area contributed by atoms with Gasteiger partial charge in [-0.15, -0.1) is 11.3 Å². The summed E-state index contributed by atoms with van der Waals surface area (Å²) in [6.07, 6.45) is 1.73. The normalized spacial score (nSPS) is 15.3. The van der Waals surface area contributed by atoms with E-state index in [4.69, 9.17) is 16.3 Å². The number of nitrogen functional groups attached to an aromatic ring is 1. The fraction of sp³-hybridized carbons (Fsp3) is 0.353. The van der Waals surface area contributed by atoms with Crippen LogP contribution < -0.4 is 27.6 Å². The number of nitrogens with zero attached hydrogens (tertiary/aromatic N) is 3. The quantitative estimate of drug-likeness (QED) is 0.667. The Kier molecular flexibility index (Phi) is 3.85. The Morgan fingerprint density at radius 2 is 2.08 bits per heavy atom. The molecule has 1 atom stereocenters. The Balaban J connectivity index is 2.08. The van der Waals surface area contributed by atoms with E-state index in [2.05, 4.69) is 4.98 Å². The van der Waals surface area contributed by atoms with Gasteiger partial charge in [0.15, 0.2) is 5.75 Å². The molecule has 0 saturated heterocycles. The zero-order chi connectivity index (χ0) is 18.6. The molecule has 0 amide bonds. The molecule has 0 radical (unpaired) electrons. The van der Waals surface area contributed by atoms with E-state index in [9.17, 15) is 9.59 Å². The van der Waals surface area contributed by atoms with Crippen molar-refractivity contribution in [1.82, 2.24) is 14.2 Å². The highest BCUT2D eigenvalue weighted by atomic mass is 32.1. The molecule has 0 aliphatic heterocycles. The summed E-state index contributed by atoms with van der Waals surface area (Å²) in [5.74, 6) is 6.15. The topological polar surface area (TPSA) is 118 Å². The molecular formula is C17H19N5O3S. The largest absolute Gasteiger partial charge is 0.494 e. The maximum absolute atomic E-state index is 12.6. The second-order valence-corrected chi connectivity index (χ2v) is 7.35.